The second-order valence-corrected chi connectivity index (χ2v) is 6.88. The van der Waals surface area contributed by atoms with Crippen LogP contribution in [0.5, 0.6) is 0 Å². The van der Waals surface area contributed by atoms with Gasteiger partial charge in [0.2, 0.25) is 11.8 Å². The van der Waals surface area contributed by atoms with Crippen molar-refractivity contribution in [1.29, 1.82) is 0 Å². The monoisotopic (exact) mass is 374 g/mol. The molecule has 2 aliphatic rings. The number of anilines is 1. The van der Waals surface area contributed by atoms with Crippen LogP contribution in [-0.4, -0.2) is 56.0 Å². The third-order valence-electron chi connectivity index (χ3n) is 4.86. The molecule has 2 fully saturated rings. The highest BCUT2D eigenvalue weighted by Crippen LogP contribution is 2.32. The van der Waals surface area contributed by atoms with E-state index in [1.54, 1.807) is 4.90 Å². The van der Waals surface area contributed by atoms with Crippen molar-refractivity contribution >= 4 is 29.4 Å². The SMILES string of the molecule is COC(=O)c1ccc(C(=O)OC)c(NC(=O)[C@H]2CC(=O)N(CC3CC3)C2)c1. The van der Waals surface area contributed by atoms with Gasteiger partial charge >= 0.3 is 11.9 Å². The highest BCUT2D eigenvalue weighted by molar-refractivity contribution is 6.05. The Bertz CT molecular complexity index is 786. The molecule has 0 bridgehead atoms. The van der Waals surface area contributed by atoms with Crippen molar-refractivity contribution in [2.75, 3.05) is 32.6 Å². The highest BCUT2D eigenvalue weighted by Gasteiger charge is 2.37. The topological polar surface area (TPSA) is 102 Å². The normalized spacial score (nSPS) is 19.0. The average molecular weight is 374 g/mol. The maximum atomic E-state index is 12.7. The number of esters is 2. The van der Waals surface area contributed by atoms with Gasteiger partial charge in [-0.1, -0.05) is 0 Å². The molecule has 1 heterocycles. The molecule has 0 spiro atoms. The number of carbonyl (C=O) groups is 4. The molecule has 0 aromatic heterocycles. The number of benzene rings is 1. The second-order valence-electron chi connectivity index (χ2n) is 6.88. The molecule has 1 aliphatic heterocycles. The van der Waals surface area contributed by atoms with E-state index in [2.05, 4.69) is 10.1 Å². The lowest BCUT2D eigenvalue weighted by atomic mass is 10.1. The van der Waals surface area contributed by atoms with Crippen LogP contribution >= 0.6 is 0 Å². The molecule has 0 radical (unpaired) electrons. The summed E-state index contributed by atoms with van der Waals surface area (Å²) in [6, 6.07) is 4.19. The molecular formula is C19H22N2O6. The Hall–Kier alpha value is -2.90. The fraction of sp³-hybridized carbons (Fsp3) is 0.474. The van der Waals surface area contributed by atoms with E-state index in [0.29, 0.717) is 19.0 Å². The predicted octanol–water partition coefficient (Wildman–Crippen LogP) is 1.46. The van der Waals surface area contributed by atoms with Gasteiger partial charge in [0, 0.05) is 19.5 Å². The first-order valence-electron chi connectivity index (χ1n) is 8.82. The van der Waals surface area contributed by atoms with Gasteiger partial charge in [0.25, 0.3) is 0 Å². The summed E-state index contributed by atoms with van der Waals surface area (Å²) < 4.78 is 9.40. The number of hydrogen-bond acceptors (Lipinski definition) is 6. The minimum absolute atomic E-state index is 0.0291. The highest BCUT2D eigenvalue weighted by atomic mass is 16.5. The number of ether oxygens (including phenoxy) is 2. The summed E-state index contributed by atoms with van der Waals surface area (Å²) in [6.45, 7) is 1.07. The van der Waals surface area contributed by atoms with Crippen LogP contribution in [0.4, 0.5) is 5.69 Å². The maximum Gasteiger partial charge on any atom is 0.339 e. The van der Waals surface area contributed by atoms with Crippen molar-refractivity contribution in [3.63, 3.8) is 0 Å². The van der Waals surface area contributed by atoms with Crippen LogP contribution in [-0.2, 0) is 19.1 Å². The standard InChI is InChI=1S/C19H22N2O6/c1-26-18(24)12-5-6-14(19(25)27-2)15(7-12)20-17(23)13-8-16(22)21(10-13)9-11-3-4-11/h5-7,11,13H,3-4,8-10H2,1-2H3,(H,20,23)/t13-/m0/s1. The minimum atomic E-state index is -0.639. The van der Waals surface area contributed by atoms with Gasteiger partial charge in [-0.3, -0.25) is 9.59 Å². The van der Waals surface area contributed by atoms with Gasteiger partial charge in [0.15, 0.2) is 0 Å². The molecule has 144 valence electrons. The zero-order chi connectivity index (χ0) is 19.6. The largest absolute Gasteiger partial charge is 0.465 e. The molecule has 1 atom stereocenters. The summed E-state index contributed by atoms with van der Waals surface area (Å²) in [5, 5.41) is 2.67. The summed E-state index contributed by atoms with van der Waals surface area (Å²) in [5.74, 6) is -1.57. The molecule has 1 aromatic carbocycles. The van der Waals surface area contributed by atoms with Crippen molar-refractivity contribution < 1.29 is 28.7 Å². The summed E-state index contributed by atoms with van der Waals surface area (Å²) in [6.07, 6.45) is 2.40. The van der Waals surface area contributed by atoms with Gasteiger partial charge in [-0.05, 0) is 37.0 Å². The number of methoxy groups -OCH3 is 2. The number of likely N-dealkylation sites (tertiary alicyclic amines) is 1. The molecule has 0 unspecified atom stereocenters. The van der Waals surface area contributed by atoms with Crippen molar-refractivity contribution in [1.82, 2.24) is 4.90 Å². The van der Waals surface area contributed by atoms with Gasteiger partial charge in [-0.15, -0.1) is 0 Å². The quantitative estimate of drug-likeness (QED) is 0.757. The lowest BCUT2D eigenvalue weighted by Gasteiger charge is -2.16. The van der Waals surface area contributed by atoms with Crippen LogP contribution < -0.4 is 5.32 Å². The molecule has 3 rings (SSSR count). The van der Waals surface area contributed by atoms with Crippen LogP contribution in [0, 0.1) is 11.8 Å². The summed E-state index contributed by atoms with van der Waals surface area (Å²) in [7, 11) is 2.47. The number of rotatable bonds is 6. The molecule has 1 saturated carbocycles. The third-order valence-corrected chi connectivity index (χ3v) is 4.86. The summed E-state index contributed by atoms with van der Waals surface area (Å²) >= 11 is 0. The molecule has 1 saturated heterocycles. The number of nitrogens with zero attached hydrogens (tertiary/aromatic N) is 1. The second kappa shape index (κ2) is 7.77. The van der Waals surface area contributed by atoms with E-state index in [-0.39, 0.29) is 35.0 Å². The Morgan fingerprint density at radius 2 is 1.85 bits per heavy atom. The van der Waals surface area contributed by atoms with Gasteiger partial charge in [-0.25, -0.2) is 9.59 Å². The molecular weight excluding hydrogens is 352 g/mol. The lowest BCUT2D eigenvalue weighted by molar-refractivity contribution is -0.128. The molecule has 1 aromatic rings. The van der Waals surface area contributed by atoms with Gasteiger partial charge in [0.1, 0.15) is 0 Å². The first-order chi connectivity index (χ1) is 12.9. The fourth-order valence-corrected chi connectivity index (χ4v) is 3.15. The molecule has 8 nitrogen and oxygen atoms in total. The van der Waals surface area contributed by atoms with E-state index in [1.165, 1.54) is 32.4 Å². The van der Waals surface area contributed by atoms with E-state index in [1.807, 2.05) is 0 Å². The van der Waals surface area contributed by atoms with E-state index < -0.39 is 17.9 Å². The fourth-order valence-electron chi connectivity index (χ4n) is 3.15. The number of hydrogen-bond donors (Lipinski definition) is 1. The first kappa shape index (κ1) is 18.9. The Balaban J connectivity index is 1.76. The zero-order valence-electron chi connectivity index (χ0n) is 15.3. The summed E-state index contributed by atoms with van der Waals surface area (Å²) in [5.41, 5.74) is 0.471. The maximum absolute atomic E-state index is 12.7. The zero-order valence-corrected chi connectivity index (χ0v) is 15.3. The van der Waals surface area contributed by atoms with E-state index >= 15 is 0 Å². The van der Waals surface area contributed by atoms with Crippen LogP contribution in [0.25, 0.3) is 0 Å². The predicted molar refractivity (Wildman–Crippen MR) is 95.2 cm³/mol. The van der Waals surface area contributed by atoms with Gasteiger partial charge < -0.3 is 19.7 Å². The Labute approximate surface area is 156 Å². The van der Waals surface area contributed by atoms with E-state index in [0.717, 1.165) is 12.8 Å². The molecule has 1 aliphatic carbocycles. The van der Waals surface area contributed by atoms with Crippen LogP contribution in [0.3, 0.4) is 0 Å². The van der Waals surface area contributed by atoms with Crippen molar-refractivity contribution in [3.05, 3.63) is 29.3 Å². The molecule has 27 heavy (non-hydrogen) atoms. The number of amides is 2. The molecule has 2 amide bonds. The van der Waals surface area contributed by atoms with Crippen LogP contribution in [0.2, 0.25) is 0 Å². The Morgan fingerprint density at radius 1 is 1.15 bits per heavy atom. The smallest absolute Gasteiger partial charge is 0.339 e. The van der Waals surface area contributed by atoms with Crippen molar-refractivity contribution in [2.24, 2.45) is 11.8 Å². The Kier molecular flexibility index (Phi) is 5.43. The average Bonchev–Trinajstić information content (AvgIpc) is 3.41. The van der Waals surface area contributed by atoms with Gasteiger partial charge in [-0.2, -0.15) is 0 Å². The third kappa shape index (κ3) is 4.27. The van der Waals surface area contributed by atoms with Crippen LogP contribution in [0.15, 0.2) is 18.2 Å². The van der Waals surface area contributed by atoms with E-state index in [9.17, 15) is 19.2 Å². The Morgan fingerprint density at radius 3 is 2.48 bits per heavy atom. The lowest BCUT2D eigenvalue weighted by Crippen LogP contribution is -2.30. The van der Waals surface area contributed by atoms with Crippen LogP contribution in [0.1, 0.15) is 40.0 Å². The number of carbonyl (C=O) groups excluding carboxylic acids is 4. The first-order valence-corrected chi connectivity index (χ1v) is 8.82. The molecule has 1 N–H and O–H groups in total. The van der Waals surface area contributed by atoms with Crippen molar-refractivity contribution in [3.8, 4) is 0 Å². The molecule has 8 heteroatoms. The van der Waals surface area contributed by atoms with Gasteiger partial charge in [0.05, 0.1) is 37.0 Å². The number of nitrogens with one attached hydrogen (secondary N) is 1. The minimum Gasteiger partial charge on any atom is -0.465 e. The summed E-state index contributed by atoms with van der Waals surface area (Å²) in [4.78, 5) is 50.2. The van der Waals surface area contributed by atoms with Crippen molar-refractivity contribution in [2.45, 2.75) is 19.3 Å². The van der Waals surface area contributed by atoms with E-state index in [4.69, 9.17) is 4.74 Å².